The van der Waals surface area contributed by atoms with E-state index >= 15 is 0 Å². The quantitative estimate of drug-likeness (QED) is 0.889. The molecule has 1 aromatic heterocycles. The van der Waals surface area contributed by atoms with Crippen LogP contribution in [0.1, 0.15) is 34.6 Å². The zero-order chi connectivity index (χ0) is 13.8. The Morgan fingerprint density at radius 3 is 2.89 bits per heavy atom. The molecule has 0 saturated carbocycles. The Hall–Kier alpha value is -2.37. The van der Waals surface area contributed by atoms with Crippen LogP contribution in [0.25, 0.3) is 0 Å². The van der Waals surface area contributed by atoms with Crippen LogP contribution in [0.4, 0.5) is 0 Å². The SMILES string of the molecule is CCc1noc(COc2cc(C)ccc2C(=O)O)n1. The summed E-state index contributed by atoms with van der Waals surface area (Å²) < 4.78 is 10.4. The first kappa shape index (κ1) is 13.1. The molecule has 1 N–H and O–H groups in total. The summed E-state index contributed by atoms with van der Waals surface area (Å²) in [7, 11) is 0. The number of aromatic carboxylic acids is 1. The molecule has 6 nitrogen and oxygen atoms in total. The normalized spacial score (nSPS) is 10.4. The highest BCUT2D eigenvalue weighted by molar-refractivity contribution is 5.90. The van der Waals surface area contributed by atoms with E-state index in [0.29, 0.717) is 23.9 Å². The lowest BCUT2D eigenvalue weighted by Crippen LogP contribution is -2.04. The Morgan fingerprint density at radius 1 is 1.47 bits per heavy atom. The molecule has 6 heteroatoms. The van der Waals surface area contributed by atoms with Crippen molar-refractivity contribution in [2.45, 2.75) is 26.9 Å². The maximum atomic E-state index is 11.1. The summed E-state index contributed by atoms with van der Waals surface area (Å²) in [6.45, 7) is 3.83. The molecule has 0 radical (unpaired) electrons. The van der Waals surface area contributed by atoms with E-state index in [0.717, 1.165) is 5.56 Å². The van der Waals surface area contributed by atoms with Crippen LogP contribution in [0, 0.1) is 6.92 Å². The predicted octanol–water partition coefficient (Wildman–Crippen LogP) is 2.22. The summed E-state index contributed by atoms with van der Waals surface area (Å²) in [6, 6.07) is 4.90. The molecular formula is C13H14N2O4. The third kappa shape index (κ3) is 3.09. The van der Waals surface area contributed by atoms with Crippen LogP contribution in [-0.2, 0) is 13.0 Å². The highest BCUT2D eigenvalue weighted by Gasteiger charge is 2.13. The molecule has 0 aliphatic rings. The number of hydrogen-bond acceptors (Lipinski definition) is 5. The summed E-state index contributed by atoms with van der Waals surface area (Å²) in [5.41, 5.74) is 1.03. The van der Waals surface area contributed by atoms with E-state index in [-0.39, 0.29) is 12.2 Å². The molecule has 0 saturated heterocycles. The van der Waals surface area contributed by atoms with Crippen molar-refractivity contribution in [1.29, 1.82) is 0 Å². The summed E-state index contributed by atoms with van der Waals surface area (Å²) in [4.78, 5) is 15.2. The highest BCUT2D eigenvalue weighted by Crippen LogP contribution is 2.21. The average molecular weight is 262 g/mol. The monoisotopic (exact) mass is 262 g/mol. The predicted molar refractivity (Wildman–Crippen MR) is 66.1 cm³/mol. The van der Waals surface area contributed by atoms with Gasteiger partial charge < -0.3 is 14.4 Å². The van der Waals surface area contributed by atoms with E-state index in [1.54, 1.807) is 12.1 Å². The lowest BCUT2D eigenvalue weighted by Gasteiger charge is -2.07. The molecule has 1 aromatic carbocycles. The molecule has 2 aromatic rings. The number of rotatable bonds is 5. The van der Waals surface area contributed by atoms with Crippen molar-refractivity contribution >= 4 is 5.97 Å². The van der Waals surface area contributed by atoms with Crippen LogP contribution in [0.15, 0.2) is 22.7 Å². The fraction of sp³-hybridized carbons (Fsp3) is 0.308. The van der Waals surface area contributed by atoms with E-state index in [4.69, 9.17) is 14.4 Å². The van der Waals surface area contributed by atoms with Crippen molar-refractivity contribution in [2.24, 2.45) is 0 Å². The largest absolute Gasteiger partial charge is 0.483 e. The minimum atomic E-state index is -1.03. The molecule has 0 aliphatic heterocycles. The summed E-state index contributed by atoms with van der Waals surface area (Å²) in [6.07, 6.45) is 0.675. The van der Waals surface area contributed by atoms with Gasteiger partial charge in [0.2, 0.25) is 0 Å². The molecular weight excluding hydrogens is 248 g/mol. The zero-order valence-electron chi connectivity index (χ0n) is 10.7. The van der Waals surface area contributed by atoms with Crippen molar-refractivity contribution in [1.82, 2.24) is 10.1 Å². The Bertz CT molecular complexity index is 592. The average Bonchev–Trinajstić information content (AvgIpc) is 2.84. The first-order valence-electron chi connectivity index (χ1n) is 5.88. The van der Waals surface area contributed by atoms with Crippen molar-refractivity contribution in [2.75, 3.05) is 0 Å². The van der Waals surface area contributed by atoms with Gasteiger partial charge >= 0.3 is 5.97 Å². The topological polar surface area (TPSA) is 85.5 Å². The lowest BCUT2D eigenvalue weighted by atomic mass is 10.1. The molecule has 0 amide bonds. The number of benzene rings is 1. The Morgan fingerprint density at radius 2 is 2.26 bits per heavy atom. The molecule has 0 fully saturated rings. The van der Waals surface area contributed by atoms with Gasteiger partial charge in [-0.05, 0) is 24.6 Å². The van der Waals surface area contributed by atoms with Gasteiger partial charge in [-0.1, -0.05) is 18.1 Å². The highest BCUT2D eigenvalue weighted by atomic mass is 16.5. The smallest absolute Gasteiger partial charge is 0.339 e. The van der Waals surface area contributed by atoms with Crippen LogP contribution in [-0.4, -0.2) is 21.2 Å². The number of carboxylic acids is 1. The van der Waals surface area contributed by atoms with Gasteiger partial charge in [-0.15, -0.1) is 0 Å². The van der Waals surface area contributed by atoms with Crippen LogP contribution >= 0.6 is 0 Å². The minimum Gasteiger partial charge on any atom is -0.483 e. The maximum absolute atomic E-state index is 11.1. The van der Waals surface area contributed by atoms with Crippen LogP contribution in [0.5, 0.6) is 5.75 Å². The standard InChI is InChI=1S/C13H14N2O4/c1-3-11-14-12(19-15-11)7-18-10-6-8(2)4-5-9(10)13(16)17/h4-6H,3,7H2,1-2H3,(H,16,17). The zero-order valence-corrected chi connectivity index (χ0v) is 10.7. The molecule has 0 aliphatic carbocycles. The number of aromatic nitrogens is 2. The fourth-order valence-corrected chi connectivity index (χ4v) is 1.56. The van der Waals surface area contributed by atoms with E-state index in [2.05, 4.69) is 10.1 Å². The van der Waals surface area contributed by atoms with Crippen LogP contribution in [0.3, 0.4) is 0 Å². The molecule has 0 unspecified atom stereocenters. The second-order valence-electron chi connectivity index (χ2n) is 4.05. The number of ether oxygens (including phenoxy) is 1. The van der Waals surface area contributed by atoms with E-state index in [1.807, 2.05) is 13.8 Å². The Balaban J connectivity index is 2.14. The second kappa shape index (κ2) is 5.51. The molecule has 2 rings (SSSR count). The molecule has 100 valence electrons. The first-order chi connectivity index (χ1) is 9.10. The van der Waals surface area contributed by atoms with E-state index in [9.17, 15) is 4.79 Å². The summed E-state index contributed by atoms with van der Waals surface area (Å²) in [5, 5.41) is 12.8. The van der Waals surface area contributed by atoms with Crippen LogP contribution in [0.2, 0.25) is 0 Å². The fourth-order valence-electron chi connectivity index (χ4n) is 1.56. The Kier molecular flexibility index (Phi) is 3.79. The van der Waals surface area contributed by atoms with Crippen molar-refractivity contribution in [3.05, 3.63) is 41.0 Å². The molecule has 0 bridgehead atoms. The van der Waals surface area contributed by atoms with Gasteiger partial charge in [-0.3, -0.25) is 0 Å². The van der Waals surface area contributed by atoms with Gasteiger partial charge in [0.25, 0.3) is 5.89 Å². The Labute approximate surface area is 110 Å². The molecule has 1 heterocycles. The van der Waals surface area contributed by atoms with Crippen molar-refractivity contribution < 1.29 is 19.2 Å². The van der Waals surface area contributed by atoms with E-state index in [1.165, 1.54) is 6.07 Å². The number of hydrogen-bond donors (Lipinski definition) is 1. The minimum absolute atomic E-state index is 0.0523. The van der Waals surface area contributed by atoms with Gasteiger partial charge in [0, 0.05) is 6.42 Å². The lowest BCUT2D eigenvalue weighted by molar-refractivity contribution is 0.0691. The van der Waals surface area contributed by atoms with Gasteiger partial charge in [0.1, 0.15) is 11.3 Å². The molecule has 19 heavy (non-hydrogen) atoms. The van der Waals surface area contributed by atoms with Crippen molar-refractivity contribution in [3.8, 4) is 5.75 Å². The van der Waals surface area contributed by atoms with Gasteiger partial charge in [-0.2, -0.15) is 4.98 Å². The second-order valence-corrected chi connectivity index (χ2v) is 4.05. The maximum Gasteiger partial charge on any atom is 0.339 e. The number of aryl methyl sites for hydroxylation is 2. The van der Waals surface area contributed by atoms with Gasteiger partial charge in [0.15, 0.2) is 12.4 Å². The summed E-state index contributed by atoms with van der Waals surface area (Å²) in [5.74, 6) is 0.189. The van der Waals surface area contributed by atoms with Crippen molar-refractivity contribution in [3.63, 3.8) is 0 Å². The van der Waals surface area contributed by atoms with Crippen LogP contribution < -0.4 is 4.74 Å². The van der Waals surface area contributed by atoms with Gasteiger partial charge in [-0.25, -0.2) is 4.79 Å². The number of carboxylic acid groups (broad SMARTS) is 1. The molecule has 0 atom stereocenters. The first-order valence-corrected chi connectivity index (χ1v) is 5.88. The van der Waals surface area contributed by atoms with Gasteiger partial charge in [0.05, 0.1) is 0 Å². The third-order valence-corrected chi connectivity index (χ3v) is 2.55. The molecule has 0 spiro atoms. The third-order valence-electron chi connectivity index (χ3n) is 2.55. The number of nitrogens with zero attached hydrogens (tertiary/aromatic N) is 2. The van der Waals surface area contributed by atoms with E-state index < -0.39 is 5.97 Å². The number of carbonyl (C=O) groups is 1. The summed E-state index contributed by atoms with van der Waals surface area (Å²) >= 11 is 0.